The lowest BCUT2D eigenvalue weighted by molar-refractivity contribution is 0.602. The molecule has 2 heterocycles. The molecule has 0 unspecified atom stereocenters. The van der Waals surface area contributed by atoms with Crippen LogP contribution in [0.4, 0.5) is 0 Å². The van der Waals surface area contributed by atoms with E-state index in [2.05, 4.69) is 12.3 Å². The topological polar surface area (TPSA) is 3.24 Å². The minimum absolute atomic E-state index is 0.774. The lowest BCUT2D eigenvalue weighted by Crippen LogP contribution is -2.12. The van der Waals surface area contributed by atoms with Gasteiger partial charge in [-0.1, -0.05) is 23.8 Å². The molecule has 0 bridgehead atoms. The summed E-state index contributed by atoms with van der Waals surface area (Å²) in [5.74, 6) is 0. The molecule has 0 aromatic carbocycles. The summed E-state index contributed by atoms with van der Waals surface area (Å²) in [6, 6.07) is 0. The van der Waals surface area contributed by atoms with Gasteiger partial charge in [0.2, 0.25) is 0 Å². The van der Waals surface area contributed by atoms with Gasteiger partial charge in [-0.25, -0.2) is 0 Å². The molecule has 11 heavy (non-hydrogen) atoms. The van der Waals surface area contributed by atoms with E-state index in [1.807, 2.05) is 29.3 Å². The highest BCUT2D eigenvalue weighted by Gasteiger charge is 2.08. The summed E-state index contributed by atoms with van der Waals surface area (Å²) in [5.41, 5.74) is 1.11. The van der Waals surface area contributed by atoms with Crippen molar-refractivity contribution in [3.8, 4) is 0 Å². The molecular formula is C9H7ClN. The number of rotatable bonds is 0. The smallest absolute Gasteiger partial charge is 0.0656 e. The van der Waals surface area contributed by atoms with Gasteiger partial charge >= 0.3 is 0 Å². The fourth-order valence-corrected chi connectivity index (χ4v) is 1.26. The molecule has 0 atom stereocenters. The van der Waals surface area contributed by atoms with Crippen LogP contribution in [0.15, 0.2) is 41.2 Å². The van der Waals surface area contributed by atoms with Gasteiger partial charge < -0.3 is 4.90 Å². The monoisotopic (exact) mass is 164 g/mol. The molecule has 0 amide bonds. The molecule has 0 aromatic heterocycles. The predicted molar refractivity (Wildman–Crippen MR) is 45.4 cm³/mol. The average Bonchev–Trinajstić information content (AvgIpc) is 2.04. The molecule has 2 aliphatic heterocycles. The molecule has 0 saturated heterocycles. The molecule has 1 nitrogen and oxygen atoms in total. The van der Waals surface area contributed by atoms with Gasteiger partial charge in [0.15, 0.2) is 0 Å². The third-order valence-corrected chi connectivity index (χ3v) is 1.86. The SMILES string of the molecule is ClC1=CC2=CCC=[C]N2C=C1. The molecule has 0 N–H and O–H groups in total. The van der Waals surface area contributed by atoms with Crippen LogP contribution < -0.4 is 0 Å². The van der Waals surface area contributed by atoms with Crippen LogP contribution in [0.1, 0.15) is 6.42 Å². The van der Waals surface area contributed by atoms with Crippen LogP contribution in [-0.2, 0) is 0 Å². The van der Waals surface area contributed by atoms with Gasteiger partial charge in [0.25, 0.3) is 0 Å². The Labute approximate surface area is 71.0 Å². The number of hydrogen-bond donors (Lipinski definition) is 0. The fraction of sp³-hybridized carbons (Fsp3) is 0.111. The van der Waals surface area contributed by atoms with E-state index in [-0.39, 0.29) is 0 Å². The van der Waals surface area contributed by atoms with Gasteiger partial charge in [0, 0.05) is 16.9 Å². The quantitative estimate of drug-likeness (QED) is 0.532. The third-order valence-electron chi connectivity index (χ3n) is 1.62. The van der Waals surface area contributed by atoms with Gasteiger partial charge in [0.05, 0.1) is 6.20 Å². The first-order chi connectivity index (χ1) is 5.36. The summed E-state index contributed by atoms with van der Waals surface area (Å²) in [4.78, 5) is 1.93. The maximum absolute atomic E-state index is 5.81. The summed E-state index contributed by atoms with van der Waals surface area (Å²) in [7, 11) is 0. The van der Waals surface area contributed by atoms with Gasteiger partial charge in [0.1, 0.15) is 0 Å². The second-order valence-electron chi connectivity index (χ2n) is 2.41. The number of nitrogens with zero attached hydrogens (tertiary/aromatic N) is 1. The number of fused-ring (bicyclic) bond motifs is 1. The summed E-state index contributed by atoms with van der Waals surface area (Å²) in [6.07, 6.45) is 13.8. The van der Waals surface area contributed by atoms with E-state index in [1.54, 1.807) is 0 Å². The minimum atomic E-state index is 0.774. The molecule has 2 aliphatic rings. The molecule has 2 rings (SSSR count). The van der Waals surface area contributed by atoms with Crippen molar-refractivity contribution in [1.82, 2.24) is 4.90 Å². The zero-order valence-corrected chi connectivity index (χ0v) is 6.67. The molecule has 1 radical (unpaired) electrons. The molecule has 55 valence electrons. The Kier molecular flexibility index (Phi) is 1.59. The zero-order chi connectivity index (χ0) is 7.68. The highest BCUT2D eigenvalue weighted by atomic mass is 35.5. The van der Waals surface area contributed by atoms with Crippen molar-refractivity contribution in [1.29, 1.82) is 0 Å². The van der Waals surface area contributed by atoms with Crippen molar-refractivity contribution < 1.29 is 0 Å². The van der Waals surface area contributed by atoms with E-state index >= 15 is 0 Å². The van der Waals surface area contributed by atoms with Crippen molar-refractivity contribution in [3.63, 3.8) is 0 Å². The van der Waals surface area contributed by atoms with Crippen molar-refractivity contribution in [3.05, 3.63) is 47.4 Å². The van der Waals surface area contributed by atoms with E-state index in [4.69, 9.17) is 11.6 Å². The van der Waals surface area contributed by atoms with Crippen LogP contribution in [0, 0.1) is 6.20 Å². The maximum Gasteiger partial charge on any atom is 0.0656 e. The minimum Gasteiger partial charge on any atom is -0.316 e. The normalized spacial score (nSPS) is 21.0. The summed E-state index contributed by atoms with van der Waals surface area (Å²) >= 11 is 5.81. The van der Waals surface area contributed by atoms with Crippen molar-refractivity contribution in [2.24, 2.45) is 0 Å². The fourth-order valence-electron chi connectivity index (χ4n) is 1.10. The van der Waals surface area contributed by atoms with Gasteiger partial charge in [-0.05, 0) is 18.6 Å². The van der Waals surface area contributed by atoms with Crippen LogP contribution in [0.25, 0.3) is 0 Å². The van der Waals surface area contributed by atoms with Crippen LogP contribution in [0.3, 0.4) is 0 Å². The first-order valence-electron chi connectivity index (χ1n) is 3.49. The highest BCUT2D eigenvalue weighted by molar-refractivity contribution is 6.31. The second kappa shape index (κ2) is 2.59. The van der Waals surface area contributed by atoms with E-state index in [0.717, 1.165) is 17.2 Å². The lowest BCUT2D eigenvalue weighted by atomic mass is 10.2. The van der Waals surface area contributed by atoms with Crippen LogP contribution in [0.5, 0.6) is 0 Å². The van der Waals surface area contributed by atoms with Gasteiger partial charge in [-0.2, -0.15) is 0 Å². The summed E-state index contributed by atoms with van der Waals surface area (Å²) < 4.78 is 0. The lowest BCUT2D eigenvalue weighted by Gasteiger charge is -2.21. The average molecular weight is 165 g/mol. The molecule has 0 saturated carbocycles. The summed E-state index contributed by atoms with van der Waals surface area (Å²) in [5, 5.41) is 0.774. The predicted octanol–water partition coefficient (Wildman–Crippen LogP) is 2.54. The first-order valence-corrected chi connectivity index (χ1v) is 3.87. The molecule has 2 heteroatoms. The van der Waals surface area contributed by atoms with Gasteiger partial charge in [-0.15, -0.1) is 0 Å². The first kappa shape index (κ1) is 6.74. The Hall–Kier alpha value is -0.950. The largest absolute Gasteiger partial charge is 0.316 e. The Morgan fingerprint density at radius 2 is 2.45 bits per heavy atom. The van der Waals surface area contributed by atoms with Crippen LogP contribution >= 0.6 is 11.6 Å². The molecule has 0 spiro atoms. The standard InChI is InChI=1S/C9H7ClN/c10-8-4-6-11-5-2-1-3-9(11)7-8/h2-4,6-7H,1H2. The highest BCUT2D eigenvalue weighted by Crippen LogP contribution is 2.22. The van der Waals surface area contributed by atoms with Crippen molar-refractivity contribution in [2.45, 2.75) is 6.42 Å². The van der Waals surface area contributed by atoms with E-state index < -0.39 is 0 Å². The Bertz CT molecular complexity index is 284. The number of hydrogen-bond acceptors (Lipinski definition) is 1. The zero-order valence-electron chi connectivity index (χ0n) is 5.92. The molecule has 0 fully saturated rings. The van der Waals surface area contributed by atoms with E-state index in [9.17, 15) is 0 Å². The Morgan fingerprint density at radius 1 is 1.55 bits per heavy atom. The van der Waals surface area contributed by atoms with Crippen LogP contribution in [0.2, 0.25) is 0 Å². The maximum atomic E-state index is 5.81. The Balaban J connectivity index is 2.34. The number of halogens is 1. The van der Waals surface area contributed by atoms with Crippen LogP contribution in [-0.4, -0.2) is 4.90 Å². The number of allylic oxidation sites excluding steroid dienone is 5. The van der Waals surface area contributed by atoms with Crippen molar-refractivity contribution >= 4 is 11.6 Å². The van der Waals surface area contributed by atoms with Crippen molar-refractivity contribution in [2.75, 3.05) is 0 Å². The van der Waals surface area contributed by atoms with E-state index in [0.29, 0.717) is 0 Å². The summed E-state index contributed by atoms with van der Waals surface area (Å²) in [6.45, 7) is 0. The second-order valence-corrected chi connectivity index (χ2v) is 2.85. The van der Waals surface area contributed by atoms with Gasteiger partial charge in [-0.3, -0.25) is 0 Å². The molecule has 0 aliphatic carbocycles. The molecule has 0 aromatic rings. The Morgan fingerprint density at radius 3 is 3.36 bits per heavy atom. The van der Waals surface area contributed by atoms with E-state index in [1.165, 1.54) is 0 Å². The third kappa shape index (κ3) is 1.24. The molecular weight excluding hydrogens is 158 g/mol.